The second-order valence-corrected chi connectivity index (χ2v) is 12.3. The van der Waals surface area contributed by atoms with Crippen LogP contribution in [0, 0.1) is 5.92 Å². The van der Waals surface area contributed by atoms with Crippen molar-refractivity contribution in [1.29, 1.82) is 0 Å². The molecular formula is C37H38ClN5O2. The van der Waals surface area contributed by atoms with Gasteiger partial charge in [0, 0.05) is 42.2 Å². The Balaban J connectivity index is 1.10. The van der Waals surface area contributed by atoms with E-state index in [4.69, 9.17) is 16.6 Å². The molecule has 45 heavy (non-hydrogen) atoms. The van der Waals surface area contributed by atoms with Crippen molar-refractivity contribution in [3.63, 3.8) is 0 Å². The Morgan fingerprint density at radius 2 is 1.62 bits per heavy atom. The van der Waals surface area contributed by atoms with E-state index < -0.39 is 0 Å². The van der Waals surface area contributed by atoms with Crippen LogP contribution in [-0.4, -0.2) is 69.3 Å². The van der Waals surface area contributed by atoms with E-state index in [-0.39, 0.29) is 23.5 Å². The van der Waals surface area contributed by atoms with Gasteiger partial charge >= 0.3 is 0 Å². The fourth-order valence-corrected chi connectivity index (χ4v) is 6.46. The summed E-state index contributed by atoms with van der Waals surface area (Å²) in [6.45, 7) is 3.71. The highest BCUT2D eigenvalue weighted by Crippen LogP contribution is 2.28. The molecule has 0 saturated carbocycles. The third kappa shape index (κ3) is 7.32. The van der Waals surface area contributed by atoms with Crippen LogP contribution in [0.3, 0.4) is 0 Å². The Hall–Kier alpha value is -4.33. The summed E-state index contributed by atoms with van der Waals surface area (Å²) in [5.74, 6) is 0.743. The molecule has 3 aromatic carbocycles. The van der Waals surface area contributed by atoms with Crippen molar-refractivity contribution in [2.45, 2.75) is 31.7 Å². The largest absolute Gasteiger partial charge is 0.341 e. The molecule has 0 spiro atoms. The summed E-state index contributed by atoms with van der Waals surface area (Å²) in [4.78, 5) is 40.6. The SMILES string of the molecule is CN(CC(CCN1CCC(C(=O)c2nc3ccccc3n2Cc2ccccn2)CC1)c1ccc(Cl)cc1)C(=O)c1ccccc1. The number of ketones is 1. The van der Waals surface area contributed by atoms with E-state index in [2.05, 4.69) is 22.0 Å². The summed E-state index contributed by atoms with van der Waals surface area (Å²) in [7, 11) is 1.87. The molecule has 5 aromatic rings. The first kappa shape index (κ1) is 30.7. The molecular weight excluding hydrogens is 582 g/mol. The second kappa shape index (κ2) is 14.2. The summed E-state index contributed by atoms with van der Waals surface area (Å²) < 4.78 is 2.02. The van der Waals surface area contributed by atoms with Crippen LogP contribution < -0.4 is 0 Å². The fourth-order valence-electron chi connectivity index (χ4n) is 6.33. The number of benzene rings is 3. The zero-order valence-corrected chi connectivity index (χ0v) is 26.3. The minimum absolute atomic E-state index is 0.0166. The van der Waals surface area contributed by atoms with E-state index in [0.717, 1.165) is 55.6 Å². The van der Waals surface area contributed by atoms with Gasteiger partial charge in [0.2, 0.25) is 5.78 Å². The third-order valence-electron chi connectivity index (χ3n) is 8.88. The van der Waals surface area contributed by atoms with Crippen molar-refractivity contribution in [3.8, 4) is 0 Å². The van der Waals surface area contributed by atoms with Gasteiger partial charge in [-0.25, -0.2) is 4.98 Å². The average Bonchev–Trinajstić information content (AvgIpc) is 3.45. The van der Waals surface area contributed by atoms with Crippen LogP contribution in [0.4, 0.5) is 0 Å². The molecule has 0 radical (unpaired) electrons. The standard InChI is InChI=1S/C37H38ClN5O2/c1-41(37(45)29-9-3-2-4-10-29)25-30(27-14-16-31(38)17-15-27)20-24-42-22-18-28(19-23-42)35(44)36-40-33-12-5-6-13-34(33)43(36)26-32-11-7-8-21-39-32/h2-17,21,28,30H,18-20,22-26H2,1H3. The molecule has 1 saturated heterocycles. The molecule has 230 valence electrons. The number of hydrogen-bond donors (Lipinski definition) is 0. The Labute approximate surface area is 269 Å². The number of Topliss-reactive ketones (excluding diaryl/α,β-unsaturated/α-hetero) is 1. The van der Waals surface area contributed by atoms with E-state index in [1.54, 1.807) is 6.20 Å². The van der Waals surface area contributed by atoms with Crippen molar-refractivity contribution in [2.75, 3.05) is 33.2 Å². The van der Waals surface area contributed by atoms with Crippen LogP contribution in [-0.2, 0) is 6.54 Å². The number of pyridine rings is 1. The molecule has 1 amide bonds. The smallest absolute Gasteiger partial charge is 0.253 e. The molecule has 0 N–H and O–H groups in total. The van der Waals surface area contributed by atoms with Crippen LogP contribution in [0.5, 0.6) is 0 Å². The van der Waals surface area contributed by atoms with Crippen molar-refractivity contribution >= 4 is 34.3 Å². The number of piperidine rings is 1. The van der Waals surface area contributed by atoms with E-state index in [0.29, 0.717) is 29.5 Å². The number of nitrogens with zero attached hydrogens (tertiary/aromatic N) is 5. The zero-order chi connectivity index (χ0) is 31.2. The van der Waals surface area contributed by atoms with Crippen molar-refractivity contribution in [1.82, 2.24) is 24.3 Å². The summed E-state index contributed by atoms with van der Waals surface area (Å²) in [6, 6.07) is 31.2. The predicted molar refractivity (Wildman–Crippen MR) is 179 cm³/mol. The number of amides is 1. The van der Waals surface area contributed by atoms with Gasteiger partial charge in [-0.05, 0) is 93.0 Å². The van der Waals surface area contributed by atoms with Crippen LogP contribution in [0.15, 0.2) is 103 Å². The summed E-state index contributed by atoms with van der Waals surface area (Å²) in [6.07, 6.45) is 4.27. The molecule has 0 bridgehead atoms. The van der Waals surface area contributed by atoms with Gasteiger partial charge in [0.15, 0.2) is 5.82 Å². The maximum atomic E-state index is 13.9. The first-order valence-electron chi connectivity index (χ1n) is 15.6. The number of carbonyl (C=O) groups is 2. The number of fused-ring (bicyclic) bond motifs is 1. The number of likely N-dealkylation sites (tertiary alicyclic amines) is 1. The fraction of sp³-hybridized carbons (Fsp3) is 0.297. The van der Waals surface area contributed by atoms with Gasteiger partial charge in [-0.1, -0.05) is 60.1 Å². The average molecular weight is 620 g/mol. The van der Waals surface area contributed by atoms with Crippen molar-refractivity contribution in [2.24, 2.45) is 5.92 Å². The van der Waals surface area contributed by atoms with Gasteiger partial charge in [0.1, 0.15) is 0 Å². The molecule has 2 aromatic heterocycles. The van der Waals surface area contributed by atoms with Gasteiger partial charge in [-0.15, -0.1) is 0 Å². The summed E-state index contributed by atoms with van der Waals surface area (Å²) in [5.41, 5.74) is 4.54. The number of imidazole rings is 1. The highest BCUT2D eigenvalue weighted by Gasteiger charge is 2.30. The Morgan fingerprint density at radius 3 is 2.36 bits per heavy atom. The number of rotatable bonds is 11. The lowest BCUT2D eigenvalue weighted by atomic mass is 9.90. The normalized spacial score (nSPS) is 14.8. The maximum Gasteiger partial charge on any atom is 0.253 e. The quantitative estimate of drug-likeness (QED) is 0.149. The minimum Gasteiger partial charge on any atom is -0.341 e. The van der Waals surface area contributed by atoms with Crippen LogP contribution in [0.25, 0.3) is 11.0 Å². The molecule has 1 aliphatic heterocycles. The number of likely N-dealkylation sites (N-methyl/N-ethyl adjacent to an activating group) is 1. The lowest BCUT2D eigenvalue weighted by Gasteiger charge is -2.33. The van der Waals surface area contributed by atoms with Crippen LogP contribution in [0.1, 0.15) is 57.4 Å². The maximum absolute atomic E-state index is 13.9. The lowest BCUT2D eigenvalue weighted by molar-refractivity contribution is 0.0779. The van der Waals surface area contributed by atoms with E-state index >= 15 is 0 Å². The molecule has 0 aliphatic carbocycles. The van der Waals surface area contributed by atoms with Crippen molar-refractivity contribution < 1.29 is 9.59 Å². The first-order chi connectivity index (χ1) is 22.0. The molecule has 1 aliphatic rings. The lowest BCUT2D eigenvalue weighted by Crippen LogP contribution is -2.38. The second-order valence-electron chi connectivity index (χ2n) is 11.9. The number of para-hydroxylation sites is 2. The van der Waals surface area contributed by atoms with Crippen LogP contribution in [0.2, 0.25) is 5.02 Å². The minimum atomic E-state index is -0.0674. The monoisotopic (exact) mass is 619 g/mol. The molecule has 6 rings (SSSR count). The van der Waals surface area contributed by atoms with Gasteiger partial charge in [-0.2, -0.15) is 0 Å². The topological polar surface area (TPSA) is 71.3 Å². The highest BCUT2D eigenvalue weighted by atomic mass is 35.5. The highest BCUT2D eigenvalue weighted by molar-refractivity contribution is 6.30. The van der Waals surface area contributed by atoms with Gasteiger partial charge in [0.25, 0.3) is 5.91 Å². The molecule has 3 heterocycles. The van der Waals surface area contributed by atoms with Gasteiger partial charge in [-0.3, -0.25) is 14.6 Å². The summed E-state index contributed by atoms with van der Waals surface area (Å²) in [5, 5.41) is 0.700. The number of hydrogen-bond acceptors (Lipinski definition) is 5. The Morgan fingerprint density at radius 1 is 0.911 bits per heavy atom. The van der Waals surface area contributed by atoms with Gasteiger partial charge < -0.3 is 14.4 Å². The van der Waals surface area contributed by atoms with E-state index in [1.165, 1.54) is 5.56 Å². The molecule has 1 fully saturated rings. The van der Waals surface area contributed by atoms with Crippen LogP contribution >= 0.6 is 11.6 Å². The van der Waals surface area contributed by atoms with E-state index in [1.807, 2.05) is 101 Å². The first-order valence-corrected chi connectivity index (χ1v) is 16.0. The predicted octanol–water partition coefficient (Wildman–Crippen LogP) is 6.97. The van der Waals surface area contributed by atoms with E-state index in [9.17, 15) is 9.59 Å². The zero-order valence-electron chi connectivity index (χ0n) is 25.6. The Bertz CT molecular complexity index is 1730. The summed E-state index contributed by atoms with van der Waals surface area (Å²) >= 11 is 6.20. The molecule has 1 unspecified atom stereocenters. The molecule has 8 heteroatoms. The third-order valence-corrected chi connectivity index (χ3v) is 9.13. The Kier molecular flexibility index (Phi) is 9.67. The number of carbonyl (C=O) groups excluding carboxylic acids is 2. The molecule has 7 nitrogen and oxygen atoms in total. The van der Waals surface area contributed by atoms with Gasteiger partial charge in [0.05, 0.1) is 23.3 Å². The van der Waals surface area contributed by atoms with Crippen molar-refractivity contribution in [3.05, 3.63) is 131 Å². The number of aromatic nitrogens is 3. The molecule has 1 atom stereocenters. The number of halogens is 1.